The van der Waals surface area contributed by atoms with Crippen LogP contribution in [0, 0.1) is 49.4 Å². The van der Waals surface area contributed by atoms with Crippen molar-refractivity contribution in [3.63, 3.8) is 0 Å². The number of hydrogen-bond acceptors (Lipinski definition) is 2. The van der Waals surface area contributed by atoms with Crippen LogP contribution in [-0.2, 0) is 9.59 Å². The average Bonchev–Trinajstić information content (AvgIpc) is 1.61. The van der Waals surface area contributed by atoms with Crippen molar-refractivity contribution in [1.82, 2.24) is 0 Å². The Morgan fingerprint density at radius 3 is 1.33 bits per heavy atom. The van der Waals surface area contributed by atoms with Gasteiger partial charge in [-0.1, -0.05) is 0 Å². The fourth-order valence-corrected chi connectivity index (χ4v) is 0.143. The van der Waals surface area contributed by atoms with Gasteiger partial charge < -0.3 is 10.2 Å². The van der Waals surface area contributed by atoms with Gasteiger partial charge in [-0.15, -0.1) is 0 Å². The van der Waals surface area contributed by atoms with E-state index in [1.54, 1.807) is 0 Å². The molecule has 0 aromatic rings. The fraction of sp³-hybridized carbons (Fsp3) is 0. The first-order valence-corrected chi connectivity index (χ1v) is 1.77. The van der Waals surface area contributed by atoms with Crippen molar-refractivity contribution >= 4 is 11.9 Å². The molecule has 0 spiro atoms. The monoisotopic (exact) mass is 269 g/mol. The maximum absolute atomic E-state index is 9.55. The van der Waals surface area contributed by atoms with Gasteiger partial charge in [0, 0.05) is 61.5 Å². The van der Waals surface area contributed by atoms with Gasteiger partial charge >= 0.3 is 11.9 Å². The molecule has 9 heavy (non-hydrogen) atoms. The molecule has 0 fully saturated rings. The van der Waals surface area contributed by atoms with Gasteiger partial charge in [-0.05, 0) is 0 Å². The summed E-state index contributed by atoms with van der Waals surface area (Å²) in [4.78, 5) is 19.1. The smallest absolute Gasteiger partial charge is 0.328 e. The Kier molecular flexibility index (Phi) is 8.51. The molecule has 0 unspecified atom stereocenters. The van der Waals surface area contributed by atoms with E-state index in [2.05, 4.69) is 0 Å². The van der Waals surface area contributed by atoms with Crippen molar-refractivity contribution in [1.29, 1.82) is 0 Å². The summed E-state index contributed by atoms with van der Waals surface area (Å²) in [7, 11) is 0. The van der Waals surface area contributed by atoms with Crippen LogP contribution in [0.3, 0.4) is 0 Å². The second-order valence-electron chi connectivity index (χ2n) is 1.01. The Labute approximate surface area is 92.1 Å². The van der Waals surface area contributed by atoms with Crippen LogP contribution in [0.5, 0.6) is 0 Å². The molecule has 0 aliphatic rings. The van der Waals surface area contributed by atoms with Gasteiger partial charge in [-0.25, -0.2) is 9.59 Å². The van der Waals surface area contributed by atoms with Gasteiger partial charge in [0.15, 0.2) is 0 Å². The number of carbonyl (C=O) groups is 2. The summed E-state index contributed by atoms with van der Waals surface area (Å²) >= 11 is 0. The number of carboxylic acid groups (broad SMARTS) is 2. The summed E-state index contributed by atoms with van der Waals surface area (Å²) in [5.41, 5.74) is 0. The van der Waals surface area contributed by atoms with E-state index in [4.69, 9.17) is 10.2 Å². The summed E-state index contributed by atoms with van der Waals surface area (Å²) < 4.78 is 0. The van der Waals surface area contributed by atoms with Crippen LogP contribution in [0.1, 0.15) is 0 Å². The molecule has 0 heterocycles. The largest absolute Gasteiger partial charge is 0.478 e. The Morgan fingerprint density at radius 1 is 1.00 bits per heavy atom. The van der Waals surface area contributed by atoms with Gasteiger partial charge in [-0.2, -0.15) is 0 Å². The Morgan fingerprint density at radius 2 is 1.22 bits per heavy atom. The molecule has 2 N–H and O–H groups in total. The molecule has 0 atom stereocenters. The third kappa shape index (κ3) is 11.7. The maximum Gasteiger partial charge on any atom is 0.328 e. The molecule has 0 rings (SSSR count). The van der Waals surface area contributed by atoms with Crippen molar-refractivity contribution in [2.24, 2.45) is 0 Å². The summed E-state index contributed by atoms with van der Waals surface area (Å²) in [5, 5.41) is 15.6. The van der Waals surface area contributed by atoms with Gasteiger partial charge in [-0.3, -0.25) is 0 Å². The number of carboxylic acids is 2. The van der Waals surface area contributed by atoms with Gasteiger partial charge in [0.2, 0.25) is 0 Å². The summed E-state index contributed by atoms with van der Waals surface area (Å²) in [6, 6.07) is 0. The third-order valence-corrected chi connectivity index (χ3v) is 0.368. The number of aliphatic carboxylic acids is 2. The van der Waals surface area contributed by atoms with Crippen molar-refractivity contribution in [3.05, 3.63) is 12.2 Å². The fourth-order valence-electron chi connectivity index (χ4n) is 0.143. The molecule has 0 bridgehead atoms. The SMILES string of the molecule is O=C(O)/C=C\C(=O)O.[Eu]. The van der Waals surface area contributed by atoms with E-state index in [1.807, 2.05) is 0 Å². The molecule has 0 aromatic heterocycles. The summed E-state index contributed by atoms with van der Waals surface area (Å²) in [6.45, 7) is 0. The van der Waals surface area contributed by atoms with Crippen molar-refractivity contribution in [2.75, 3.05) is 0 Å². The molecule has 4 nitrogen and oxygen atoms in total. The maximum atomic E-state index is 9.55. The Hall–Kier alpha value is 0.264. The molecular weight excluding hydrogens is 264 g/mol. The second-order valence-corrected chi connectivity index (χ2v) is 1.01. The third-order valence-electron chi connectivity index (χ3n) is 0.368. The van der Waals surface area contributed by atoms with Crippen LogP contribution < -0.4 is 0 Å². The zero-order valence-electron chi connectivity index (χ0n) is 4.24. The van der Waals surface area contributed by atoms with E-state index in [0.29, 0.717) is 12.2 Å². The molecule has 0 saturated carbocycles. The zero-order valence-corrected chi connectivity index (χ0v) is 6.67. The van der Waals surface area contributed by atoms with E-state index < -0.39 is 11.9 Å². The quantitative estimate of drug-likeness (QED) is 0.675. The number of hydrogen-bond donors (Lipinski definition) is 2. The van der Waals surface area contributed by atoms with E-state index in [0.717, 1.165) is 0 Å². The van der Waals surface area contributed by atoms with Gasteiger partial charge in [0.1, 0.15) is 0 Å². The topological polar surface area (TPSA) is 74.6 Å². The molecule has 0 amide bonds. The predicted molar refractivity (Wildman–Crippen MR) is 24.4 cm³/mol. The molecule has 0 saturated heterocycles. The normalized spacial score (nSPS) is 8.44. The Balaban J connectivity index is 0. The van der Waals surface area contributed by atoms with Crippen LogP contribution in [-0.4, -0.2) is 22.2 Å². The first-order valence-electron chi connectivity index (χ1n) is 1.77. The van der Waals surface area contributed by atoms with E-state index in [9.17, 15) is 9.59 Å². The molecule has 51 valence electrons. The van der Waals surface area contributed by atoms with E-state index in [1.165, 1.54) is 0 Å². The molecule has 1 radical (unpaired) electrons. The second kappa shape index (κ2) is 6.39. The minimum Gasteiger partial charge on any atom is -0.478 e. The average molecular weight is 268 g/mol. The van der Waals surface area contributed by atoms with Crippen LogP contribution in [0.2, 0.25) is 0 Å². The van der Waals surface area contributed by atoms with E-state index >= 15 is 0 Å². The van der Waals surface area contributed by atoms with Crippen molar-refractivity contribution < 1.29 is 69.2 Å². The minimum absolute atomic E-state index is 0. The van der Waals surface area contributed by atoms with Crippen molar-refractivity contribution in [3.8, 4) is 0 Å². The molecule has 5 heteroatoms. The van der Waals surface area contributed by atoms with Gasteiger partial charge in [0.25, 0.3) is 0 Å². The van der Waals surface area contributed by atoms with Crippen LogP contribution >= 0.6 is 0 Å². The summed E-state index contributed by atoms with van der Waals surface area (Å²) in [6.07, 6.45) is 1.12. The van der Waals surface area contributed by atoms with Gasteiger partial charge in [0.05, 0.1) is 0 Å². The molecule has 0 aliphatic carbocycles. The first kappa shape index (κ1) is 12.0. The summed E-state index contributed by atoms with van der Waals surface area (Å²) in [5.74, 6) is -2.51. The minimum atomic E-state index is -1.26. The van der Waals surface area contributed by atoms with E-state index in [-0.39, 0.29) is 49.4 Å². The first-order chi connectivity index (χ1) is 3.63. The number of rotatable bonds is 2. The van der Waals surface area contributed by atoms with Crippen LogP contribution in [0.15, 0.2) is 12.2 Å². The predicted octanol–water partition coefficient (Wildman–Crippen LogP) is -0.288. The molecular formula is C4H4EuO4. The molecule has 0 aromatic carbocycles. The molecule has 0 aliphatic heterocycles. The Bertz CT molecular complexity index is 124. The van der Waals surface area contributed by atoms with Crippen molar-refractivity contribution in [2.45, 2.75) is 0 Å². The zero-order chi connectivity index (χ0) is 6.57. The standard InChI is InChI=1S/C4H4O4.Eu/c5-3(6)1-2-4(7)8;/h1-2H,(H,5,6)(H,7,8);/b2-1-;. The van der Waals surface area contributed by atoms with Crippen LogP contribution in [0.4, 0.5) is 0 Å². The van der Waals surface area contributed by atoms with Crippen LogP contribution in [0.25, 0.3) is 0 Å².